The van der Waals surface area contributed by atoms with E-state index in [0.717, 1.165) is 36.4 Å². The average Bonchev–Trinajstić information content (AvgIpc) is 3.48. The normalized spacial score (nSPS) is 14.4. The molecule has 0 fully saturated rings. The largest absolute Gasteiger partial charge is 0.456 e. The quantitative estimate of drug-likeness (QED) is 0.105. The summed E-state index contributed by atoms with van der Waals surface area (Å²) >= 11 is 0. The molecular weight excluding hydrogens is 794 g/mol. The molecule has 2 aliphatic heterocycles. The molecule has 0 aromatic heterocycles. The fraction of sp³-hybridized carbons (Fsp3) is 0. The molecule has 6 rings (SSSR count). The molecule has 25 heteroatoms. The number of ether oxygens (including phenoxy) is 1. The molecular formula is C28H6F10N2O11S2. The van der Waals surface area contributed by atoms with Crippen LogP contribution < -0.4 is 4.74 Å². The monoisotopic (exact) mass is 800 g/mol. The Labute approximate surface area is 285 Å². The second-order valence-electron chi connectivity index (χ2n) is 10.1. The fourth-order valence-corrected chi connectivity index (χ4v) is 6.82. The van der Waals surface area contributed by atoms with Crippen LogP contribution in [0.5, 0.6) is 11.5 Å². The third-order valence-electron chi connectivity index (χ3n) is 7.08. The van der Waals surface area contributed by atoms with Crippen LogP contribution in [0.15, 0.2) is 46.2 Å². The Bertz CT molecular complexity index is 2400. The highest BCUT2D eigenvalue weighted by atomic mass is 32.2. The first-order chi connectivity index (χ1) is 24.6. The predicted octanol–water partition coefficient (Wildman–Crippen LogP) is 4.70. The van der Waals surface area contributed by atoms with Crippen molar-refractivity contribution in [3.05, 3.63) is 117 Å². The standard InChI is InChI=1S/C28H6F10N2O11S2/c29-13-15(31)19(35)23(20(36)16(13)32)52(45,46)50-39-25(41)7-3-1-5-9(11(7)27(39)43)49-10-6-2-4-8-12(10)28(44)40(26(8)42)51-53(47,48)24-21(37)17(33)14(30)18(34)22(24)38/h1-6H. The number of carbonyl (C=O) groups is 4. The number of imide groups is 2. The summed E-state index contributed by atoms with van der Waals surface area (Å²) in [7, 11) is -12.4. The lowest BCUT2D eigenvalue weighted by Gasteiger charge is -2.15. The van der Waals surface area contributed by atoms with E-state index in [4.69, 9.17) is 4.74 Å². The van der Waals surface area contributed by atoms with Gasteiger partial charge in [0.25, 0.3) is 23.6 Å². The lowest BCUT2D eigenvalue weighted by Crippen LogP contribution is -2.33. The minimum absolute atomic E-state index is 0.672. The van der Waals surface area contributed by atoms with Gasteiger partial charge >= 0.3 is 20.2 Å². The van der Waals surface area contributed by atoms with Crippen LogP contribution >= 0.6 is 0 Å². The summed E-state index contributed by atoms with van der Waals surface area (Å²) in [5, 5.41) is -1.34. The van der Waals surface area contributed by atoms with Gasteiger partial charge in [-0.15, -0.1) is 18.7 Å². The molecule has 0 N–H and O–H groups in total. The topological polar surface area (TPSA) is 171 Å². The van der Waals surface area contributed by atoms with Crippen LogP contribution in [-0.4, -0.2) is 50.6 Å². The summed E-state index contributed by atoms with van der Waals surface area (Å²) in [6.07, 6.45) is 0. The molecule has 0 saturated carbocycles. The molecule has 0 unspecified atom stereocenters. The predicted molar refractivity (Wildman–Crippen MR) is 143 cm³/mol. The van der Waals surface area contributed by atoms with E-state index in [0.29, 0.717) is 0 Å². The van der Waals surface area contributed by atoms with Crippen LogP contribution in [0.25, 0.3) is 0 Å². The summed E-state index contributed by atoms with van der Waals surface area (Å²) in [6, 6.07) is 5.25. The van der Waals surface area contributed by atoms with Gasteiger partial charge in [-0.05, 0) is 24.3 Å². The van der Waals surface area contributed by atoms with Crippen LogP contribution in [0.4, 0.5) is 43.9 Å². The number of benzene rings is 4. The molecule has 2 aliphatic rings. The van der Waals surface area contributed by atoms with Crippen molar-refractivity contribution in [2.24, 2.45) is 0 Å². The van der Waals surface area contributed by atoms with E-state index < -0.39 is 156 Å². The Balaban J connectivity index is 1.32. The van der Waals surface area contributed by atoms with Crippen molar-refractivity contribution in [3.63, 3.8) is 0 Å². The highest BCUT2D eigenvalue weighted by Gasteiger charge is 2.47. The van der Waals surface area contributed by atoms with Crippen LogP contribution in [0.3, 0.4) is 0 Å². The average molecular weight is 800 g/mol. The van der Waals surface area contributed by atoms with Gasteiger partial charge in [-0.1, -0.05) is 12.1 Å². The van der Waals surface area contributed by atoms with Gasteiger partial charge in [-0.2, -0.15) is 16.8 Å². The zero-order valence-electron chi connectivity index (χ0n) is 24.4. The van der Waals surface area contributed by atoms with E-state index in [9.17, 15) is 79.9 Å². The molecule has 0 spiro atoms. The molecule has 4 aromatic rings. The molecule has 53 heavy (non-hydrogen) atoms. The highest BCUT2D eigenvalue weighted by molar-refractivity contribution is 7.87. The second kappa shape index (κ2) is 12.3. The summed E-state index contributed by atoms with van der Waals surface area (Å²) in [5.41, 5.74) is -3.48. The molecule has 276 valence electrons. The Morgan fingerprint density at radius 1 is 0.415 bits per heavy atom. The summed E-state index contributed by atoms with van der Waals surface area (Å²) in [6.45, 7) is 0. The maximum atomic E-state index is 14.2. The molecule has 0 atom stereocenters. The van der Waals surface area contributed by atoms with Crippen molar-refractivity contribution >= 4 is 43.9 Å². The summed E-state index contributed by atoms with van der Waals surface area (Å²) < 4.78 is 203. The third-order valence-corrected chi connectivity index (χ3v) is 9.49. The van der Waals surface area contributed by atoms with Crippen LogP contribution in [0.2, 0.25) is 0 Å². The van der Waals surface area contributed by atoms with Gasteiger partial charge in [0.15, 0.2) is 56.3 Å². The molecule has 0 aliphatic carbocycles. The first kappa shape index (κ1) is 36.9. The number of nitrogens with zero attached hydrogens (tertiary/aromatic N) is 2. The maximum Gasteiger partial charge on any atom is 0.324 e. The van der Waals surface area contributed by atoms with Crippen molar-refractivity contribution in [2.45, 2.75) is 9.79 Å². The van der Waals surface area contributed by atoms with Gasteiger partial charge < -0.3 is 4.74 Å². The van der Waals surface area contributed by atoms with E-state index in [2.05, 4.69) is 8.57 Å². The Hall–Kier alpha value is -5.92. The minimum Gasteiger partial charge on any atom is -0.456 e. The van der Waals surface area contributed by atoms with Crippen molar-refractivity contribution in [2.75, 3.05) is 0 Å². The molecule has 0 radical (unpaired) electrons. The van der Waals surface area contributed by atoms with Gasteiger partial charge in [-0.25, -0.2) is 43.9 Å². The van der Waals surface area contributed by atoms with Gasteiger partial charge in [0.1, 0.15) is 11.5 Å². The lowest BCUT2D eigenvalue weighted by molar-refractivity contribution is -0.0110. The number of fused-ring (bicyclic) bond motifs is 2. The van der Waals surface area contributed by atoms with Crippen LogP contribution in [-0.2, 0) is 28.8 Å². The van der Waals surface area contributed by atoms with Gasteiger partial charge in [-0.3, -0.25) is 19.2 Å². The summed E-state index contributed by atoms with van der Waals surface area (Å²) in [4.78, 5) is 47.1. The Morgan fingerprint density at radius 2 is 0.698 bits per heavy atom. The van der Waals surface area contributed by atoms with E-state index >= 15 is 0 Å². The van der Waals surface area contributed by atoms with Crippen molar-refractivity contribution in [3.8, 4) is 11.5 Å². The second-order valence-corrected chi connectivity index (χ2v) is 13.1. The van der Waals surface area contributed by atoms with Crippen LogP contribution in [0, 0.1) is 58.2 Å². The molecule has 0 bridgehead atoms. The van der Waals surface area contributed by atoms with E-state index in [1.807, 2.05) is 0 Å². The fourth-order valence-electron chi connectivity index (χ4n) is 4.77. The first-order valence-corrected chi connectivity index (χ1v) is 16.1. The molecule has 0 saturated heterocycles. The minimum atomic E-state index is -6.21. The van der Waals surface area contributed by atoms with Crippen molar-refractivity contribution in [1.82, 2.24) is 10.1 Å². The third kappa shape index (κ3) is 5.46. The van der Waals surface area contributed by atoms with E-state index in [-0.39, 0.29) is 0 Å². The SMILES string of the molecule is O=C1c2cccc(Oc3cccc4c3C(=O)N(OS(=O)(=O)c3c(F)c(F)c(F)c(F)c3F)C4=O)c2C(=O)N1OS(=O)(=O)c1c(F)c(F)c(F)c(F)c1F. The van der Waals surface area contributed by atoms with Crippen molar-refractivity contribution < 1.29 is 93.2 Å². The Kier molecular flexibility index (Phi) is 8.59. The maximum absolute atomic E-state index is 14.2. The number of carbonyl (C=O) groups excluding carboxylic acids is 4. The van der Waals surface area contributed by atoms with Gasteiger partial charge in [0.2, 0.25) is 11.6 Å². The number of hydroxylamine groups is 4. The van der Waals surface area contributed by atoms with E-state index in [1.54, 1.807) is 0 Å². The number of hydrogen-bond donors (Lipinski definition) is 0. The summed E-state index contributed by atoms with van der Waals surface area (Å²) in [5.74, 6) is -36.8. The smallest absolute Gasteiger partial charge is 0.324 e. The van der Waals surface area contributed by atoms with Crippen LogP contribution in [0.1, 0.15) is 41.4 Å². The van der Waals surface area contributed by atoms with Gasteiger partial charge in [0, 0.05) is 0 Å². The molecule has 4 amide bonds. The zero-order valence-corrected chi connectivity index (χ0v) is 26.1. The molecule has 2 heterocycles. The Morgan fingerprint density at radius 3 is 1.00 bits per heavy atom. The first-order valence-electron chi connectivity index (χ1n) is 13.3. The van der Waals surface area contributed by atoms with Crippen molar-refractivity contribution in [1.29, 1.82) is 0 Å². The number of amides is 4. The van der Waals surface area contributed by atoms with E-state index in [1.165, 1.54) is 0 Å². The number of rotatable bonds is 8. The molecule has 4 aromatic carbocycles. The zero-order chi connectivity index (χ0) is 39.2. The number of halogens is 10. The number of hydrogen-bond acceptors (Lipinski definition) is 11. The lowest BCUT2D eigenvalue weighted by atomic mass is 10.1. The van der Waals surface area contributed by atoms with Gasteiger partial charge in [0.05, 0.1) is 22.3 Å². The molecule has 13 nitrogen and oxygen atoms in total. The highest BCUT2D eigenvalue weighted by Crippen LogP contribution is 2.40.